The van der Waals surface area contributed by atoms with Crippen LogP contribution in [0.2, 0.25) is 0 Å². The molecule has 126 valence electrons. The molecule has 0 amide bonds. The fraction of sp³-hybridized carbons (Fsp3) is 0.227. The number of nitrogens with zero attached hydrogens (tertiary/aromatic N) is 1. The molecule has 0 aliphatic rings. The summed E-state index contributed by atoms with van der Waals surface area (Å²) in [7, 11) is 1.37. The number of rotatable bonds is 1. The summed E-state index contributed by atoms with van der Waals surface area (Å²) >= 11 is 0. The van der Waals surface area contributed by atoms with Crippen LogP contribution in [0.1, 0.15) is 48.0 Å². The molecule has 0 atom stereocenters. The number of esters is 1. The Bertz CT molecular complexity index is 977. The first kappa shape index (κ1) is 16.9. The summed E-state index contributed by atoms with van der Waals surface area (Å²) in [5, 5.41) is 0. The maximum absolute atomic E-state index is 11.5. The molecule has 2 heterocycles. The third kappa shape index (κ3) is 3.59. The van der Waals surface area contributed by atoms with Gasteiger partial charge in [0.1, 0.15) is 0 Å². The zero-order chi connectivity index (χ0) is 18.0. The van der Waals surface area contributed by atoms with Gasteiger partial charge in [-0.3, -0.25) is 0 Å². The van der Waals surface area contributed by atoms with Gasteiger partial charge in [0.25, 0.3) is 0 Å². The SMILES string of the molecule is COC(=O)c1ccc(C#Cc2cccc3cc(C(C)(C)C)cn23)cc1. The highest BCUT2D eigenvalue weighted by Gasteiger charge is 2.16. The Hall–Kier alpha value is -2.99. The first-order chi connectivity index (χ1) is 11.9. The zero-order valence-electron chi connectivity index (χ0n) is 15.0. The topological polar surface area (TPSA) is 30.7 Å². The number of hydrogen-bond acceptors (Lipinski definition) is 2. The number of pyridine rings is 1. The van der Waals surface area contributed by atoms with Crippen molar-refractivity contribution in [3.8, 4) is 11.8 Å². The number of hydrogen-bond donors (Lipinski definition) is 0. The molecule has 0 aliphatic carbocycles. The van der Waals surface area contributed by atoms with Crippen LogP contribution in [0.3, 0.4) is 0 Å². The van der Waals surface area contributed by atoms with E-state index in [9.17, 15) is 4.79 Å². The van der Waals surface area contributed by atoms with Crippen molar-refractivity contribution in [2.45, 2.75) is 26.2 Å². The van der Waals surface area contributed by atoms with E-state index in [1.807, 2.05) is 24.3 Å². The van der Waals surface area contributed by atoms with Crippen LogP contribution < -0.4 is 0 Å². The van der Waals surface area contributed by atoms with Crippen LogP contribution in [-0.4, -0.2) is 17.5 Å². The lowest BCUT2D eigenvalue weighted by atomic mass is 9.89. The van der Waals surface area contributed by atoms with E-state index >= 15 is 0 Å². The van der Waals surface area contributed by atoms with Gasteiger partial charge in [0.05, 0.1) is 18.4 Å². The molecule has 0 fully saturated rings. The highest BCUT2D eigenvalue weighted by molar-refractivity contribution is 5.89. The van der Waals surface area contributed by atoms with Crippen LogP contribution >= 0.6 is 0 Å². The summed E-state index contributed by atoms with van der Waals surface area (Å²) in [6.07, 6.45) is 2.15. The Kier molecular flexibility index (Phi) is 4.37. The number of aromatic nitrogens is 1. The number of carbonyl (C=O) groups excluding carboxylic acids is 1. The van der Waals surface area contributed by atoms with Crippen molar-refractivity contribution in [3.05, 3.63) is 77.1 Å². The summed E-state index contributed by atoms with van der Waals surface area (Å²) in [5.74, 6) is 6.05. The molecule has 0 saturated carbocycles. The second kappa shape index (κ2) is 6.49. The Morgan fingerprint density at radius 2 is 1.76 bits per heavy atom. The Morgan fingerprint density at radius 3 is 2.40 bits per heavy atom. The van der Waals surface area contributed by atoms with E-state index < -0.39 is 0 Å². The Morgan fingerprint density at radius 1 is 1.04 bits per heavy atom. The minimum atomic E-state index is -0.341. The third-order valence-electron chi connectivity index (χ3n) is 4.14. The Balaban J connectivity index is 1.95. The number of ether oxygens (including phenoxy) is 1. The molecule has 0 bridgehead atoms. The smallest absolute Gasteiger partial charge is 0.337 e. The molecule has 0 N–H and O–H groups in total. The minimum absolute atomic E-state index is 0.0977. The fourth-order valence-corrected chi connectivity index (χ4v) is 2.59. The molecule has 3 rings (SSSR count). The van der Waals surface area contributed by atoms with Crippen LogP contribution in [-0.2, 0) is 10.2 Å². The first-order valence-electron chi connectivity index (χ1n) is 8.20. The lowest BCUT2D eigenvalue weighted by molar-refractivity contribution is 0.0600. The van der Waals surface area contributed by atoms with Gasteiger partial charge in [-0.15, -0.1) is 0 Å². The van der Waals surface area contributed by atoms with Crippen LogP contribution in [0, 0.1) is 11.8 Å². The molecule has 0 aliphatic heterocycles. The predicted octanol–water partition coefficient (Wildman–Crippen LogP) is 4.42. The number of methoxy groups -OCH3 is 1. The second-order valence-corrected chi connectivity index (χ2v) is 7.00. The summed E-state index contributed by atoms with van der Waals surface area (Å²) < 4.78 is 6.83. The van der Waals surface area contributed by atoms with Gasteiger partial charge in [0.2, 0.25) is 0 Å². The van der Waals surface area contributed by atoms with Gasteiger partial charge in [-0.05, 0) is 59.4 Å². The van der Waals surface area contributed by atoms with Gasteiger partial charge in [-0.1, -0.05) is 32.8 Å². The lowest BCUT2D eigenvalue weighted by Crippen LogP contribution is -2.09. The van der Waals surface area contributed by atoms with Gasteiger partial charge in [-0.2, -0.15) is 0 Å². The molecule has 0 spiro atoms. The molecule has 3 heteroatoms. The molecule has 3 aromatic rings. The van der Waals surface area contributed by atoms with E-state index in [4.69, 9.17) is 4.74 Å². The van der Waals surface area contributed by atoms with Gasteiger partial charge in [0, 0.05) is 17.3 Å². The molecule has 2 aromatic heterocycles. The quantitative estimate of drug-likeness (QED) is 0.488. The standard InChI is InChI=1S/C22H21NO2/c1-22(2,3)18-14-20-7-5-6-19(23(20)15-18)13-10-16-8-11-17(12-9-16)21(24)25-4/h5-9,11-12,14-15H,1-4H3. The van der Waals surface area contributed by atoms with Gasteiger partial charge < -0.3 is 9.14 Å². The molecular weight excluding hydrogens is 310 g/mol. The maximum Gasteiger partial charge on any atom is 0.337 e. The lowest BCUT2D eigenvalue weighted by Gasteiger charge is -2.15. The van der Waals surface area contributed by atoms with Crippen molar-refractivity contribution < 1.29 is 9.53 Å². The molecule has 3 nitrogen and oxygen atoms in total. The molecule has 1 aromatic carbocycles. The number of carbonyl (C=O) groups is 1. The molecule has 0 radical (unpaired) electrons. The minimum Gasteiger partial charge on any atom is -0.465 e. The molecule has 0 saturated heterocycles. The van der Waals surface area contributed by atoms with E-state index in [-0.39, 0.29) is 11.4 Å². The summed E-state index contributed by atoms with van der Waals surface area (Å²) in [6, 6.07) is 15.4. The van der Waals surface area contributed by atoms with Crippen molar-refractivity contribution in [2.24, 2.45) is 0 Å². The zero-order valence-corrected chi connectivity index (χ0v) is 15.0. The van der Waals surface area contributed by atoms with E-state index in [0.29, 0.717) is 5.56 Å². The fourth-order valence-electron chi connectivity index (χ4n) is 2.59. The Labute approximate surface area is 148 Å². The van der Waals surface area contributed by atoms with Gasteiger partial charge >= 0.3 is 5.97 Å². The largest absolute Gasteiger partial charge is 0.465 e. The van der Waals surface area contributed by atoms with Crippen LogP contribution in [0.5, 0.6) is 0 Å². The highest BCUT2D eigenvalue weighted by atomic mass is 16.5. The van der Waals surface area contributed by atoms with Crippen LogP contribution in [0.4, 0.5) is 0 Å². The highest BCUT2D eigenvalue weighted by Crippen LogP contribution is 2.25. The molecule has 25 heavy (non-hydrogen) atoms. The monoisotopic (exact) mass is 331 g/mol. The van der Waals surface area contributed by atoms with E-state index in [0.717, 1.165) is 16.8 Å². The average molecular weight is 331 g/mol. The van der Waals surface area contributed by atoms with Crippen LogP contribution in [0.15, 0.2) is 54.7 Å². The predicted molar refractivity (Wildman–Crippen MR) is 99.9 cm³/mol. The van der Waals surface area contributed by atoms with Crippen molar-refractivity contribution in [3.63, 3.8) is 0 Å². The van der Waals surface area contributed by atoms with Crippen molar-refractivity contribution in [1.82, 2.24) is 4.40 Å². The first-order valence-corrected chi connectivity index (χ1v) is 8.20. The average Bonchev–Trinajstić information content (AvgIpc) is 3.05. The van der Waals surface area contributed by atoms with E-state index in [1.54, 1.807) is 12.1 Å². The maximum atomic E-state index is 11.5. The summed E-state index contributed by atoms with van der Waals surface area (Å²) in [4.78, 5) is 11.5. The number of fused-ring (bicyclic) bond motifs is 1. The summed E-state index contributed by atoms with van der Waals surface area (Å²) in [5.41, 5.74) is 4.83. The van der Waals surface area contributed by atoms with E-state index in [1.165, 1.54) is 12.7 Å². The van der Waals surface area contributed by atoms with Crippen LogP contribution in [0.25, 0.3) is 5.52 Å². The van der Waals surface area contributed by atoms with Gasteiger partial charge in [0.15, 0.2) is 0 Å². The normalized spacial score (nSPS) is 11.0. The van der Waals surface area contributed by atoms with Crippen molar-refractivity contribution >= 4 is 11.5 Å². The van der Waals surface area contributed by atoms with E-state index in [2.05, 4.69) is 55.3 Å². The molecular formula is C22H21NO2. The summed E-state index contributed by atoms with van der Waals surface area (Å²) in [6.45, 7) is 6.61. The van der Waals surface area contributed by atoms with Gasteiger partial charge in [-0.25, -0.2) is 4.79 Å². The van der Waals surface area contributed by atoms with Crippen molar-refractivity contribution in [1.29, 1.82) is 0 Å². The number of benzene rings is 1. The van der Waals surface area contributed by atoms with Crippen molar-refractivity contribution in [2.75, 3.05) is 7.11 Å². The second-order valence-electron chi connectivity index (χ2n) is 7.00. The third-order valence-corrected chi connectivity index (χ3v) is 4.14. The molecule has 0 unspecified atom stereocenters.